The normalized spacial score (nSPS) is 27.7. The topological polar surface area (TPSA) is 91.4 Å². The molecule has 1 aromatic rings. The van der Waals surface area contributed by atoms with Crippen molar-refractivity contribution in [2.24, 2.45) is 5.92 Å². The van der Waals surface area contributed by atoms with Crippen molar-refractivity contribution >= 4 is 23.3 Å². The molecule has 3 saturated heterocycles. The number of hydrogen-bond acceptors (Lipinski definition) is 7. The zero-order valence-corrected chi connectivity index (χ0v) is 22.2. The third kappa shape index (κ3) is 5.26. The van der Waals surface area contributed by atoms with Crippen molar-refractivity contribution in [3.05, 3.63) is 29.8 Å². The predicted octanol–water partition coefficient (Wildman–Crippen LogP) is 1.70. The van der Waals surface area contributed by atoms with Crippen LogP contribution in [0.4, 0.5) is 5.69 Å². The minimum Gasteiger partial charge on any atom is -0.377 e. The maximum Gasteiger partial charge on any atom is 0.251 e. The van der Waals surface area contributed by atoms with Crippen LogP contribution >= 0.6 is 0 Å². The second-order valence-electron chi connectivity index (χ2n) is 11.1. The van der Waals surface area contributed by atoms with Crippen LogP contribution < -0.4 is 10.2 Å². The first kappa shape index (κ1) is 26.1. The van der Waals surface area contributed by atoms with Crippen molar-refractivity contribution in [3.8, 4) is 0 Å². The fraction of sp³-hybridized carbons (Fsp3) is 0.679. The summed E-state index contributed by atoms with van der Waals surface area (Å²) < 4.78 is 11.2. The number of rotatable bonds is 7. The molecule has 0 spiro atoms. The van der Waals surface area contributed by atoms with Crippen LogP contribution in [0.5, 0.6) is 0 Å². The lowest BCUT2D eigenvalue weighted by Gasteiger charge is -2.38. The van der Waals surface area contributed by atoms with Gasteiger partial charge in [-0.15, -0.1) is 0 Å². The van der Waals surface area contributed by atoms with E-state index in [1.807, 2.05) is 24.3 Å². The average molecular weight is 513 g/mol. The highest BCUT2D eigenvalue weighted by molar-refractivity contribution is 5.99. The van der Waals surface area contributed by atoms with Crippen LogP contribution in [0.25, 0.3) is 0 Å². The lowest BCUT2D eigenvalue weighted by Crippen LogP contribution is -2.54. The van der Waals surface area contributed by atoms with Gasteiger partial charge in [0.1, 0.15) is 30.9 Å². The molecule has 1 saturated carbocycles. The quantitative estimate of drug-likeness (QED) is 0.595. The van der Waals surface area contributed by atoms with E-state index in [9.17, 15) is 14.4 Å². The number of hydrogen-bond donors (Lipinski definition) is 1. The van der Waals surface area contributed by atoms with Gasteiger partial charge in [-0.05, 0) is 56.9 Å². The van der Waals surface area contributed by atoms with Crippen LogP contribution in [-0.4, -0.2) is 104 Å². The smallest absolute Gasteiger partial charge is 0.251 e. The fourth-order valence-corrected chi connectivity index (χ4v) is 6.44. The summed E-state index contributed by atoms with van der Waals surface area (Å²) in [6.45, 7) is 8.73. The first-order valence-corrected chi connectivity index (χ1v) is 13.7. The van der Waals surface area contributed by atoms with Gasteiger partial charge in [-0.25, -0.2) is 0 Å². The number of nitrogens with one attached hydrogen (secondary N) is 1. The number of benzene rings is 1. The Kier molecular flexibility index (Phi) is 7.83. The summed E-state index contributed by atoms with van der Waals surface area (Å²) in [6.07, 6.45) is 3.08. The van der Waals surface area contributed by atoms with E-state index in [0.29, 0.717) is 18.2 Å². The van der Waals surface area contributed by atoms with Crippen LogP contribution in [0.3, 0.4) is 0 Å². The second-order valence-corrected chi connectivity index (χ2v) is 11.1. The molecule has 1 aromatic carbocycles. The zero-order valence-electron chi connectivity index (χ0n) is 22.2. The molecule has 202 valence electrons. The summed E-state index contributed by atoms with van der Waals surface area (Å²) in [5.74, 6) is -0.493. The molecule has 4 aliphatic rings. The summed E-state index contributed by atoms with van der Waals surface area (Å²) in [7, 11) is 1.58. The Balaban J connectivity index is 1.27. The number of methoxy groups -OCH3 is 1. The molecule has 0 unspecified atom stereocenters. The van der Waals surface area contributed by atoms with E-state index in [-0.39, 0.29) is 36.2 Å². The van der Waals surface area contributed by atoms with Crippen LogP contribution in [0, 0.1) is 5.92 Å². The SMILES string of the molecule is CO[C@H]1CN(C(=O)[C@@H](NC(=O)c2ccc(N3CCN(C(C)C)CC3)cc2)C2CCCC2)[C@@H]2C(=O)CO[C@H]12. The third-order valence-electron chi connectivity index (χ3n) is 8.69. The van der Waals surface area contributed by atoms with Gasteiger partial charge in [-0.3, -0.25) is 19.3 Å². The molecule has 9 nitrogen and oxygen atoms in total. The Morgan fingerprint density at radius 2 is 1.73 bits per heavy atom. The number of likely N-dealkylation sites (tertiary alicyclic amines) is 1. The van der Waals surface area contributed by atoms with Crippen LogP contribution in [0.15, 0.2) is 24.3 Å². The Hall–Kier alpha value is -2.49. The number of Topliss-reactive ketones (excluding diaryl/α,β-unsaturated/α-hetero) is 1. The van der Waals surface area contributed by atoms with Crippen molar-refractivity contribution in [3.63, 3.8) is 0 Å². The van der Waals surface area contributed by atoms with Crippen LogP contribution in [0.1, 0.15) is 49.9 Å². The Bertz CT molecular complexity index is 985. The molecule has 1 N–H and O–H groups in total. The number of piperazine rings is 1. The van der Waals surface area contributed by atoms with E-state index in [4.69, 9.17) is 9.47 Å². The van der Waals surface area contributed by atoms with E-state index in [1.54, 1.807) is 12.0 Å². The maximum atomic E-state index is 13.8. The predicted molar refractivity (Wildman–Crippen MR) is 140 cm³/mol. The Morgan fingerprint density at radius 3 is 2.35 bits per heavy atom. The van der Waals surface area contributed by atoms with Gasteiger partial charge in [0.25, 0.3) is 5.91 Å². The summed E-state index contributed by atoms with van der Waals surface area (Å²) in [4.78, 5) is 46.1. The lowest BCUT2D eigenvalue weighted by atomic mass is 9.95. The Morgan fingerprint density at radius 1 is 1.05 bits per heavy atom. The van der Waals surface area contributed by atoms with E-state index in [2.05, 4.69) is 29.0 Å². The zero-order chi connectivity index (χ0) is 26.1. The van der Waals surface area contributed by atoms with E-state index >= 15 is 0 Å². The molecule has 4 fully saturated rings. The largest absolute Gasteiger partial charge is 0.377 e. The highest BCUT2D eigenvalue weighted by atomic mass is 16.5. The molecule has 3 heterocycles. The van der Waals surface area contributed by atoms with Crippen molar-refractivity contribution < 1.29 is 23.9 Å². The molecule has 4 atom stereocenters. The van der Waals surface area contributed by atoms with E-state index < -0.39 is 18.2 Å². The molecule has 3 aliphatic heterocycles. The summed E-state index contributed by atoms with van der Waals surface area (Å²) in [5, 5.41) is 3.05. The molecule has 0 bridgehead atoms. The van der Waals surface area contributed by atoms with Gasteiger partial charge >= 0.3 is 0 Å². The average Bonchev–Trinajstić information content (AvgIpc) is 3.66. The molecule has 2 amide bonds. The van der Waals surface area contributed by atoms with Crippen LogP contribution in [0.2, 0.25) is 0 Å². The first-order valence-electron chi connectivity index (χ1n) is 13.7. The summed E-state index contributed by atoms with van der Waals surface area (Å²) in [5.41, 5.74) is 1.64. The maximum absolute atomic E-state index is 13.8. The number of carbonyl (C=O) groups is 3. The third-order valence-corrected chi connectivity index (χ3v) is 8.69. The van der Waals surface area contributed by atoms with Crippen molar-refractivity contribution in [1.29, 1.82) is 0 Å². The second kappa shape index (κ2) is 11.1. The fourth-order valence-electron chi connectivity index (χ4n) is 6.44. The number of fused-ring (bicyclic) bond motifs is 1. The molecule has 0 radical (unpaired) electrons. The van der Waals surface area contributed by atoms with E-state index in [1.165, 1.54) is 0 Å². The molecule has 0 aromatic heterocycles. The van der Waals surface area contributed by atoms with Crippen LogP contribution in [-0.2, 0) is 19.1 Å². The van der Waals surface area contributed by atoms with Gasteiger partial charge in [0.05, 0.1) is 6.54 Å². The highest BCUT2D eigenvalue weighted by Gasteiger charge is 2.54. The number of ether oxygens (including phenoxy) is 2. The van der Waals surface area contributed by atoms with Gasteiger partial charge in [0, 0.05) is 50.6 Å². The minimum atomic E-state index is -0.663. The van der Waals surface area contributed by atoms with Crippen molar-refractivity contribution in [2.75, 3.05) is 51.3 Å². The number of carbonyl (C=O) groups excluding carboxylic acids is 3. The van der Waals surface area contributed by atoms with Crippen molar-refractivity contribution in [1.82, 2.24) is 15.1 Å². The summed E-state index contributed by atoms with van der Waals surface area (Å²) >= 11 is 0. The molecule has 5 rings (SSSR count). The monoisotopic (exact) mass is 512 g/mol. The van der Waals surface area contributed by atoms with Gasteiger partial charge in [-0.2, -0.15) is 0 Å². The number of anilines is 1. The number of ketones is 1. The lowest BCUT2D eigenvalue weighted by molar-refractivity contribution is -0.139. The van der Waals surface area contributed by atoms with Gasteiger partial charge in [0.2, 0.25) is 5.91 Å². The molecule has 1 aliphatic carbocycles. The minimum absolute atomic E-state index is 0.00169. The first-order chi connectivity index (χ1) is 17.9. The summed E-state index contributed by atoms with van der Waals surface area (Å²) in [6, 6.07) is 6.94. The van der Waals surface area contributed by atoms with Gasteiger partial charge < -0.3 is 24.6 Å². The van der Waals surface area contributed by atoms with E-state index in [0.717, 1.165) is 57.5 Å². The molecular weight excluding hydrogens is 472 g/mol. The standard InChI is InChI=1S/C28H40N4O5/c1-18(2)30-12-14-31(15-13-30)21-10-8-20(9-11-21)27(34)29-24(19-6-4-5-7-19)28(35)32-16-23(36-3)26-25(32)22(33)17-37-26/h8-11,18-19,23-26H,4-7,12-17H2,1-3H3,(H,29,34)/t23-,24-,25+,26+/m0/s1. The number of amides is 2. The van der Waals surface area contributed by atoms with Gasteiger partial charge in [0.15, 0.2) is 5.78 Å². The Labute approximate surface area is 219 Å². The van der Waals surface area contributed by atoms with Gasteiger partial charge in [-0.1, -0.05) is 12.8 Å². The molecule has 9 heteroatoms. The highest BCUT2D eigenvalue weighted by Crippen LogP contribution is 2.33. The number of nitrogens with zero attached hydrogens (tertiary/aromatic N) is 3. The van der Waals surface area contributed by atoms with Crippen molar-refractivity contribution in [2.45, 2.75) is 69.9 Å². The molecular formula is C28H40N4O5. The molecule has 37 heavy (non-hydrogen) atoms.